The van der Waals surface area contributed by atoms with Crippen molar-refractivity contribution >= 4 is 17.5 Å². The lowest BCUT2D eigenvalue weighted by Gasteiger charge is -2.25. The maximum atomic E-state index is 12.5. The number of nitrogens with one attached hydrogen (secondary N) is 2. The van der Waals surface area contributed by atoms with Crippen LogP contribution in [0.25, 0.3) is 0 Å². The molecular weight excluding hydrogens is 302 g/mol. The van der Waals surface area contributed by atoms with E-state index in [4.69, 9.17) is 0 Å². The molecule has 0 aliphatic heterocycles. The summed E-state index contributed by atoms with van der Waals surface area (Å²) >= 11 is 0. The molecule has 0 unspecified atom stereocenters. The number of carbonyl (C=O) groups is 2. The first-order chi connectivity index (χ1) is 11.5. The summed E-state index contributed by atoms with van der Waals surface area (Å²) in [5, 5.41) is 5.69. The average molecular weight is 323 g/mol. The molecule has 3 rings (SSSR count). The molecule has 2 amide bonds. The number of amides is 2. The Hall–Kier alpha value is -2.69. The molecule has 1 fully saturated rings. The Morgan fingerprint density at radius 2 is 1.88 bits per heavy atom. The number of hydrogen-bond donors (Lipinski definition) is 2. The van der Waals surface area contributed by atoms with Gasteiger partial charge in [-0.3, -0.25) is 14.6 Å². The third-order valence-electron chi connectivity index (χ3n) is 4.27. The van der Waals surface area contributed by atoms with Crippen LogP contribution >= 0.6 is 0 Å². The number of pyridine rings is 1. The van der Waals surface area contributed by atoms with Crippen LogP contribution in [0.2, 0.25) is 0 Å². The monoisotopic (exact) mass is 323 g/mol. The Morgan fingerprint density at radius 3 is 2.54 bits per heavy atom. The van der Waals surface area contributed by atoms with Gasteiger partial charge in [0.05, 0.1) is 0 Å². The zero-order valence-electron chi connectivity index (χ0n) is 13.8. The van der Waals surface area contributed by atoms with Crippen molar-refractivity contribution in [2.24, 2.45) is 5.92 Å². The molecule has 24 heavy (non-hydrogen) atoms. The topological polar surface area (TPSA) is 71.1 Å². The van der Waals surface area contributed by atoms with Crippen LogP contribution in [0, 0.1) is 5.92 Å². The van der Waals surface area contributed by atoms with Gasteiger partial charge in [-0.1, -0.05) is 24.3 Å². The molecular formula is C19H21N3O2. The Balaban J connectivity index is 1.58. The maximum Gasteiger partial charge on any atom is 0.249 e. The summed E-state index contributed by atoms with van der Waals surface area (Å²) in [6, 6.07) is 13.1. The average Bonchev–Trinajstić information content (AvgIpc) is 3.37. The first-order valence-electron chi connectivity index (χ1n) is 8.06. The second-order valence-electron chi connectivity index (χ2n) is 6.67. The molecule has 1 heterocycles. The van der Waals surface area contributed by atoms with Gasteiger partial charge in [0, 0.05) is 24.0 Å². The van der Waals surface area contributed by atoms with Gasteiger partial charge in [0.25, 0.3) is 0 Å². The molecule has 5 heteroatoms. The molecule has 1 aromatic heterocycles. The third kappa shape index (κ3) is 3.62. The van der Waals surface area contributed by atoms with Crippen molar-refractivity contribution in [2.75, 3.05) is 5.32 Å². The number of para-hydroxylation sites is 1. The maximum absolute atomic E-state index is 12.5. The van der Waals surface area contributed by atoms with Gasteiger partial charge in [-0.25, -0.2) is 0 Å². The zero-order chi connectivity index (χ0) is 17.2. The molecule has 5 nitrogen and oxygen atoms in total. The highest BCUT2D eigenvalue weighted by atomic mass is 16.2. The van der Waals surface area contributed by atoms with E-state index in [0.29, 0.717) is 5.69 Å². The Bertz CT molecular complexity index is 729. The number of benzene rings is 1. The molecule has 2 aromatic rings. The van der Waals surface area contributed by atoms with Crippen LogP contribution in [-0.2, 0) is 9.59 Å². The summed E-state index contributed by atoms with van der Waals surface area (Å²) in [7, 11) is 0. The Morgan fingerprint density at radius 1 is 1.12 bits per heavy atom. The summed E-state index contributed by atoms with van der Waals surface area (Å²) in [6.45, 7) is 3.43. The lowest BCUT2D eigenvalue weighted by molar-refractivity contribution is -0.130. The third-order valence-corrected chi connectivity index (χ3v) is 4.27. The van der Waals surface area contributed by atoms with E-state index in [9.17, 15) is 9.59 Å². The predicted molar refractivity (Wildman–Crippen MR) is 92.4 cm³/mol. The van der Waals surface area contributed by atoms with Gasteiger partial charge in [-0.15, -0.1) is 0 Å². The molecule has 0 radical (unpaired) electrons. The second-order valence-corrected chi connectivity index (χ2v) is 6.67. The number of nitrogens with zero attached hydrogens (tertiary/aromatic N) is 1. The molecule has 1 saturated carbocycles. The van der Waals surface area contributed by atoms with Crippen LogP contribution in [0.4, 0.5) is 5.69 Å². The highest BCUT2D eigenvalue weighted by Crippen LogP contribution is 2.47. The van der Waals surface area contributed by atoms with Gasteiger partial charge >= 0.3 is 0 Å². The fourth-order valence-corrected chi connectivity index (χ4v) is 2.71. The van der Waals surface area contributed by atoms with Gasteiger partial charge in [0.2, 0.25) is 11.8 Å². The summed E-state index contributed by atoms with van der Waals surface area (Å²) in [6.07, 6.45) is 4.32. The quantitative estimate of drug-likeness (QED) is 0.889. The number of aromatic nitrogens is 1. The molecule has 1 aromatic carbocycles. The fourth-order valence-electron chi connectivity index (χ4n) is 2.71. The van der Waals surface area contributed by atoms with Crippen molar-refractivity contribution < 1.29 is 9.59 Å². The fraction of sp³-hybridized carbons (Fsp3) is 0.316. The molecule has 1 aliphatic carbocycles. The molecule has 2 N–H and O–H groups in total. The van der Waals surface area contributed by atoms with E-state index in [1.165, 1.54) is 0 Å². The van der Waals surface area contributed by atoms with E-state index in [1.54, 1.807) is 26.2 Å². The molecule has 124 valence electrons. The first-order valence-corrected chi connectivity index (χ1v) is 8.06. The largest absolute Gasteiger partial charge is 0.342 e. The number of carbonyl (C=O) groups excluding carboxylic acids is 2. The van der Waals surface area contributed by atoms with Crippen LogP contribution in [0.1, 0.15) is 31.7 Å². The zero-order valence-corrected chi connectivity index (χ0v) is 13.8. The second kappa shape index (κ2) is 6.43. The van der Waals surface area contributed by atoms with Gasteiger partial charge in [-0.05, 0) is 49.9 Å². The van der Waals surface area contributed by atoms with Crippen LogP contribution in [0.3, 0.4) is 0 Å². The molecule has 1 aliphatic rings. The van der Waals surface area contributed by atoms with Crippen molar-refractivity contribution in [1.29, 1.82) is 0 Å². The van der Waals surface area contributed by atoms with Gasteiger partial charge in [0.15, 0.2) is 0 Å². The molecule has 0 saturated heterocycles. The Labute approximate surface area is 141 Å². The smallest absolute Gasteiger partial charge is 0.249 e. The van der Waals surface area contributed by atoms with Crippen LogP contribution < -0.4 is 10.6 Å². The van der Waals surface area contributed by atoms with E-state index < -0.39 is 5.54 Å². The Kier molecular flexibility index (Phi) is 4.34. The summed E-state index contributed by atoms with van der Waals surface area (Å²) in [4.78, 5) is 29.0. The van der Waals surface area contributed by atoms with E-state index in [0.717, 1.165) is 12.0 Å². The first kappa shape index (κ1) is 16.2. The van der Waals surface area contributed by atoms with E-state index in [2.05, 4.69) is 15.6 Å². The molecule has 0 bridgehead atoms. The predicted octanol–water partition coefficient (Wildman–Crippen LogP) is 2.72. The van der Waals surface area contributed by atoms with Gasteiger partial charge in [-0.2, -0.15) is 0 Å². The molecule has 2 atom stereocenters. The number of rotatable bonds is 5. The summed E-state index contributed by atoms with van der Waals surface area (Å²) in [5.41, 5.74) is 0.809. The summed E-state index contributed by atoms with van der Waals surface area (Å²) in [5.74, 6) is -0.206. The minimum absolute atomic E-state index is 0.0852. The SMILES string of the molecule is CC(C)(NC(=O)[C@H]1C[C@@H]1c1cccnc1)C(=O)Nc1ccccc1. The lowest BCUT2D eigenvalue weighted by atomic mass is 10.0. The minimum atomic E-state index is -0.977. The number of anilines is 1. The van der Waals surface area contributed by atoms with Crippen LogP contribution in [-0.4, -0.2) is 22.3 Å². The van der Waals surface area contributed by atoms with Crippen molar-refractivity contribution in [3.05, 3.63) is 60.4 Å². The van der Waals surface area contributed by atoms with Crippen molar-refractivity contribution in [3.8, 4) is 0 Å². The van der Waals surface area contributed by atoms with Crippen molar-refractivity contribution in [2.45, 2.75) is 31.7 Å². The number of hydrogen-bond acceptors (Lipinski definition) is 3. The molecule has 0 spiro atoms. The highest BCUT2D eigenvalue weighted by Gasteiger charge is 2.46. The van der Waals surface area contributed by atoms with Crippen molar-refractivity contribution in [1.82, 2.24) is 10.3 Å². The van der Waals surface area contributed by atoms with Crippen LogP contribution in [0.5, 0.6) is 0 Å². The van der Waals surface area contributed by atoms with Gasteiger partial charge in [0.1, 0.15) is 5.54 Å². The summed E-state index contributed by atoms with van der Waals surface area (Å²) < 4.78 is 0. The van der Waals surface area contributed by atoms with E-state index >= 15 is 0 Å². The van der Waals surface area contributed by atoms with E-state index in [1.807, 2.05) is 42.5 Å². The van der Waals surface area contributed by atoms with Crippen LogP contribution in [0.15, 0.2) is 54.9 Å². The van der Waals surface area contributed by atoms with Gasteiger partial charge < -0.3 is 10.6 Å². The van der Waals surface area contributed by atoms with Crippen molar-refractivity contribution in [3.63, 3.8) is 0 Å². The normalized spacial score (nSPS) is 19.4. The van der Waals surface area contributed by atoms with E-state index in [-0.39, 0.29) is 23.7 Å². The highest BCUT2D eigenvalue weighted by molar-refractivity contribution is 6.00. The standard InChI is InChI=1S/C19H21N3O2/c1-19(2,18(24)21-14-8-4-3-5-9-14)22-17(23)16-11-15(16)13-7-6-10-20-12-13/h3-10,12,15-16H,11H2,1-2H3,(H,21,24)(H,22,23)/t15-,16+/m1/s1. The lowest BCUT2D eigenvalue weighted by Crippen LogP contribution is -2.52. The minimum Gasteiger partial charge on any atom is -0.342 e.